The number of nitrogens with one attached hydrogen (secondary N) is 1. The number of likely N-dealkylation sites (tertiary alicyclic amines) is 1. The van der Waals surface area contributed by atoms with Gasteiger partial charge in [-0.15, -0.1) is 0 Å². The number of hydrogen-bond donors (Lipinski definition) is 1. The van der Waals surface area contributed by atoms with Gasteiger partial charge in [-0.05, 0) is 31.7 Å². The summed E-state index contributed by atoms with van der Waals surface area (Å²) in [6.45, 7) is 6.38. The number of carbonyl (C=O) groups is 1. The maximum Gasteiger partial charge on any atom is 0.224 e. The molecule has 2 atom stereocenters. The van der Waals surface area contributed by atoms with Gasteiger partial charge < -0.3 is 15.0 Å². The van der Waals surface area contributed by atoms with E-state index < -0.39 is 0 Å². The van der Waals surface area contributed by atoms with Gasteiger partial charge in [0.05, 0.1) is 13.0 Å². The number of fused-ring (bicyclic) bond motifs is 1. The van der Waals surface area contributed by atoms with Crippen LogP contribution in [0.25, 0.3) is 0 Å². The fourth-order valence-electron chi connectivity index (χ4n) is 2.81. The molecule has 0 bridgehead atoms. The Morgan fingerprint density at radius 3 is 3.06 bits per heavy atom. The minimum absolute atomic E-state index is 0.261. The summed E-state index contributed by atoms with van der Waals surface area (Å²) in [6.07, 6.45) is 4.09. The highest BCUT2D eigenvalue weighted by atomic mass is 16.5. The highest BCUT2D eigenvalue weighted by Gasteiger charge is 2.35. The average molecular weight is 240 g/mol. The van der Waals surface area contributed by atoms with Crippen LogP contribution in [0.1, 0.15) is 32.6 Å². The van der Waals surface area contributed by atoms with Crippen LogP contribution >= 0.6 is 0 Å². The van der Waals surface area contributed by atoms with E-state index in [0.717, 1.165) is 32.7 Å². The molecule has 2 aliphatic rings. The third-order valence-electron chi connectivity index (χ3n) is 3.76. The van der Waals surface area contributed by atoms with E-state index in [4.69, 9.17) is 4.74 Å². The van der Waals surface area contributed by atoms with Gasteiger partial charge in [0.1, 0.15) is 0 Å². The van der Waals surface area contributed by atoms with Gasteiger partial charge in [0, 0.05) is 25.7 Å². The largest absolute Gasteiger partial charge is 0.381 e. The van der Waals surface area contributed by atoms with Crippen LogP contribution < -0.4 is 5.32 Å². The van der Waals surface area contributed by atoms with Crippen LogP contribution in [0.15, 0.2) is 0 Å². The lowest BCUT2D eigenvalue weighted by atomic mass is 9.94. The molecule has 0 saturated carbocycles. The molecule has 2 fully saturated rings. The van der Waals surface area contributed by atoms with Crippen molar-refractivity contribution in [3.63, 3.8) is 0 Å². The van der Waals surface area contributed by atoms with Crippen molar-refractivity contribution < 1.29 is 9.53 Å². The molecule has 0 aromatic carbocycles. The van der Waals surface area contributed by atoms with Gasteiger partial charge in [0.2, 0.25) is 5.91 Å². The highest BCUT2D eigenvalue weighted by molar-refractivity contribution is 5.76. The fourth-order valence-corrected chi connectivity index (χ4v) is 2.81. The van der Waals surface area contributed by atoms with Crippen molar-refractivity contribution >= 4 is 5.91 Å². The lowest BCUT2D eigenvalue weighted by molar-refractivity contribution is -0.131. The van der Waals surface area contributed by atoms with Crippen molar-refractivity contribution in [3.8, 4) is 0 Å². The molecule has 4 nitrogen and oxygen atoms in total. The lowest BCUT2D eigenvalue weighted by Crippen LogP contribution is -2.41. The zero-order valence-electron chi connectivity index (χ0n) is 10.8. The predicted octanol–water partition coefficient (Wildman–Crippen LogP) is 1.01. The molecule has 1 amide bonds. The minimum atomic E-state index is 0.261. The predicted molar refractivity (Wildman–Crippen MR) is 66.8 cm³/mol. The van der Waals surface area contributed by atoms with Crippen molar-refractivity contribution in [1.29, 1.82) is 0 Å². The van der Waals surface area contributed by atoms with E-state index in [9.17, 15) is 4.79 Å². The maximum absolute atomic E-state index is 12.0. The average Bonchev–Trinajstić information content (AvgIpc) is 2.78. The van der Waals surface area contributed by atoms with Crippen LogP contribution in [0.3, 0.4) is 0 Å². The molecular formula is C13H24N2O2. The molecule has 0 aromatic rings. The topological polar surface area (TPSA) is 41.6 Å². The molecule has 98 valence electrons. The summed E-state index contributed by atoms with van der Waals surface area (Å²) in [7, 11) is 0. The van der Waals surface area contributed by atoms with Crippen molar-refractivity contribution in [3.05, 3.63) is 0 Å². The summed E-state index contributed by atoms with van der Waals surface area (Å²) in [6, 6.07) is 0.546. The van der Waals surface area contributed by atoms with E-state index in [0.29, 0.717) is 25.0 Å². The molecule has 2 rings (SSSR count). The number of carbonyl (C=O) groups excluding carboxylic acids is 1. The second-order valence-corrected chi connectivity index (χ2v) is 5.12. The van der Waals surface area contributed by atoms with Gasteiger partial charge in [-0.1, -0.05) is 6.92 Å². The Balaban J connectivity index is 1.70. The number of hydrogen-bond acceptors (Lipinski definition) is 3. The molecule has 0 aromatic heterocycles. The minimum Gasteiger partial charge on any atom is -0.381 e. The van der Waals surface area contributed by atoms with Crippen LogP contribution in [0, 0.1) is 5.92 Å². The Bertz CT molecular complexity index is 244. The quantitative estimate of drug-likeness (QED) is 0.729. The second-order valence-electron chi connectivity index (χ2n) is 5.12. The molecule has 0 aliphatic carbocycles. The third-order valence-corrected chi connectivity index (χ3v) is 3.76. The summed E-state index contributed by atoms with van der Waals surface area (Å²) in [4.78, 5) is 14.0. The number of rotatable bonds is 5. The molecule has 17 heavy (non-hydrogen) atoms. The first-order valence-corrected chi connectivity index (χ1v) is 6.90. The van der Waals surface area contributed by atoms with E-state index in [-0.39, 0.29) is 5.91 Å². The first kappa shape index (κ1) is 12.8. The molecule has 4 heteroatoms. The first-order valence-electron chi connectivity index (χ1n) is 6.90. The molecule has 2 saturated heterocycles. The Hall–Kier alpha value is -0.610. The zero-order chi connectivity index (χ0) is 12.1. The molecule has 0 radical (unpaired) electrons. The molecular weight excluding hydrogens is 216 g/mol. The van der Waals surface area contributed by atoms with E-state index in [1.165, 1.54) is 12.8 Å². The monoisotopic (exact) mass is 240 g/mol. The van der Waals surface area contributed by atoms with Crippen LogP contribution in [0.4, 0.5) is 0 Å². The van der Waals surface area contributed by atoms with Crippen LogP contribution in [-0.4, -0.2) is 49.7 Å². The normalized spacial score (nSPS) is 28.2. The summed E-state index contributed by atoms with van der Waals surface area (Å²) in [5.41, 5.74) is 0. The van der Waals surface area contributed by atoms with Crippen LogP contribution in [0.2, 0.25) is 0 Å². The van der Waals surface area contributed by atoms with Crippen LogP contribution in [0.5, 0.6) is 0 Å². The maximum atomic E-state index is 12.0. The van der Waals surface area contributed by atoms with Gasteiger partial charge in [-0.25, -0.2) is 0 Å². The van der Waals surface area contributed by atoms with Crippen molar-refractivity contribution in [2.24, 2.45) is 5.92 Å². The SMILES string of the molecule is CCCOCCC(=O)N1CC2CCCNC2C1. The number of nitrogens with zero attached hydrogens (tertiary/aromatic N) is 1. The molecule has 2 aliphatic heterocycles. The fraction of sp³-hybridized carbons (Fsp3) is 0.923. The number of piperidine rings is 1. The smallest absolute Gasteiger partial charge is 0.224 e. The Kier molecular flexibility index (Phi) is 4.80. The summed E-state index contributed by atoms with van der Waals surface area (Å²) in [5, 5.41) is 3.52. The van der Waals surface area contributed by atoms with Crippen molar-refractivity contribution in [2.75, 3.05) is 32.8 Å². The van der Waals surface area contributed by atoms with E-state index in [2.05, 4.69) is 12.2 Å². The summed E-state index contributed by atoms with van der Waals surface area (Å²) >= 11 is 0. The van der Waals surface area contributed by atoms with Gasteiger partial charge in [-0.2, -0.15) is 0 Å². The van der Waals surface area contributed by atoms with E-state index in [1.807, 2.05) is 4.90 Å². The summed E-state index contributed by atoms with van der Waals surface area (Å²) in [5.74, 6) is 0.946. The number of ether oxygens (including phenoxy) is 1. The van der Waals surface area contributed by atoms with E-state index in [1.54, 1.807) is 0 Å². The van der Waals surface area contributed by atoms with Gasteiger partial charge in [-0.3, -0.25) is 4.79 Å². The Labute approximate surface area is 104 Å². The van der Waals surface area contributed by atoms with Crippen molar-refractivity contribution in [1.82, 2.24) is 10.2 Å². The molecule has 2 unspecified atom stereocenters. The Morgan fingerprint density at radius 2 is 2.29 bits per heavy atom. The Morgan fingerprint density at radius 1 is 1.41 bits per heavy atom. The van der Waals surface area contributed by atoms with Crippen molar-refractivity contribution in [2.45, 2.75) is 38.6 Å². The zero-order valence-corrected chi connectivity index (χ0v) is 10.8. The van der Waals surface area contributed by atoms with Gasteiger partial charge in [0.15, 0.2) is 0 Å². The first-order chi connectivity index (χ1) is 8.31. The van der Waals surface area contributed by atoms with E-state index >= 15 is 0 Å². The molecule has 0 spiro atoms. The van der Waals surface area contributed by atoms with Gasteiger partial charge in [0.25, 0.3) is 0 Å². The lowest BCUT2D eigenvalue weighted by Gasteiger charge is -2.24. The van der Waals surface area contributed by atoms with Gasteiger partial charge >= 0.3 is 0 Å². The standard InChI is InChI=1S/C13H24N2O2/c1-2-7-17-8-5-13(16)15-9-11-4-3-6-14-12(11)10-15/h11-12,14H,2-10H2,1H3. The molecule has 1 N–H and O–H groups in total. The second kappa shape index (κ2) is 6.36. The van der Waals surface area contributed by atoms with Crippen LogP contribution in [-0.2, 0) is 9.53 Å². The summed E-state index contributed by atoms with van der Waals surface area (Å²) < 4.78 is 5.37. The molecule has 2 heterocycles. The third kappa shape index (κ3) is 3.42. The number of amides is 1. The highest BCUT2D eigenvalue weighted by Crippen LogP contribution is 2.25.